The van der Waals surface area contributed by atoms with Crippen LogP contribution in [0, 0.1) is 5.92 Å². The number of hydrogen-bond donors (Lipinski definition) is 2. The van der Waals surface area contributed by atoms with Crippen LogP contribution in [0.4, 0.5) is 5.69 Å². The summed E-state index contributed by atoms with van der Waals surface area (Å²) in [5.41, 5.74) is 0.997. The molecule has 3 rings (SSSR count). The number of amides is 1. The maximum atomic E-state index is 12.6. The molecule has 1 aliphatic rings. The molecule has 2 unspecified atom stereocenters. The highest BCUT2D eigenvalue weighted by atomic mass is 32.2. The van der Waals surface area contributed by atoms with Gasteiger partial charge in [-0.3, -0.25) is 9.52 Å². The van der Waals surface area contributed by atoms with Gasteiger partial charge < -0.3 is 5.32 Å². The Labute approximate surface area is 165 Å². The molecule has 0 radical (unpaired) electrons. The van der Waals surface area contributed by atoms with Gasteiger partial charge in [0.15, 0.2) is 0 Å². The molecule has 1 aromatic carbocycles. The predicted octanol–water partition coefficient (Wildman–Crippen LogP) is 4.64. The lowest BCUT2D eigenvalue weighted by molar-refractivity contribution is 0.0926. The Balaban J connectivity index is 1.60. The van der Waals surface area contributed by atoms with E-state index in [0.717, 1.165) is 6.42 Å². The molecule has 2 aromatic rings. The summed E-state index contributed by atoms with van der Waals surface area (Å²) < 4.78 is 27.3. The molecule has 146 valence electrons. The maximum Gasteiger partial charge on any atom is 0.271 e. The van der Waals surface area contributed by atoms with E-state index in [-0.39, 0.29) is 16.2 Å². The number of carbonyl (C=O) groups is 1. The third-order valence-corrected chi connectivity index (χ3v) is 7.84. The minimum atomic E-state index is -3.57. The van der Waals surface area contributed by atoms with Crippen LogP contribution in [-0.4, -0.2) is 20.4 Å². The van der Waals surface area contributed by atoms with E-state index in [9.17, 15) is 13.2 Å². The molecule has 0 aliphatic heterocycles. The summed E-state index contributed by atoms with van der Waals surface area (Å²) in [6.07, 6.45) is 6.96. The number of unbranched alkanes of at least 4 members (excludes halogenated alkanes) is 1. The molecule has 1 fully saturated rings. The molecule has 0 spiro atoms. The fourth-order valence-corrected chi connectivity index (χ4v) is 5.65. The number of anilines is 1. The van der Waals surface area contributed by atoms with E-state index < -0.39 is 10.0 Å². The van der Waals surface area contributed by atoms with Crippen molar-refractivity contribution >= 4 is 33.0 Å². The van der Waals surface area contributed by atoms with Crippen molar-refractivity contribution in [3.8, 4) is 0 Å². The topological polar surface area (TPSA) is 75.3 Å². The highest BCUT2D eigenvalue weighted by molar-refractivity contribution is 7.94. The van der Waals surface area contributed by atoms with E-state index in [0.29, 0.717) is 17.2 Å². The van der Waals surface area contributed by atoms with Gasteiger partial charge in [-0.15, -0.1) is 11.3 Å². The summed E-state index contributed by atoms with van der Waals surface area (Å²) in [4.78, 5) is 12.6. The lowest BCUT2D eigenvalue weighted by Crippen LogP contribution is -2.37. The van der Waals surface area contributed by atoms with Gasteiger partial charge in [0.05, 0.1) is 0 Å². The van der Waals surface area contributed by atoms with Crippen molar-refractivity contribution in [3.63, 3.8) is 0 Å². The minimum absolute atomic E-state index is 0.0870. The maximum absolute atomic E-state index is 12.6. The molecule has 2 N–H and O–H groups in total. The molecule has 27 heavy (non-hydrogen) atoms. The van der Waals surface area contributed by atoms with Crippen LogP contribution >= 0.6 is 11.3 Å². The molecule has 1 heterocycles. The van der Waals surface area contributed by atoms with Crippen LogP contribution in [-0.2, 0) is 10.0 Å². The molecule has 1 aromatic heterocycles. The van der Waals surface area contributed by atoms with Crippen LogP contribution < -0.4 is 10.0 Å². The van der Waals surface area contributed by atoms with Gasteiger partial charge in [-0.2, -0.15) is 0 Å². The number of carbonyl (C=O) groups excluding carboxylic acids is 1. The molecule has 1 amide bonds. The van der Waals surface area contributed by atoms with Crippen LogP contribution in [0.15, 0.2) is 46.0 Å². The van der Waals surface area contributed by atoms with E-state index in [1.54, 1.807) is 41.8 Å². The second-order valence-electron chi connectivity index (χ2n) is 7.03. The first-order chi connectivity index (χ1) is 13.0. The van der Waals surface area contributed by atoms with Gasteiger partial charge in [0.2, 0.25) is 0 Å². The standard InChI is InChI=1S/C20H26N2O3S2/c1-2-3-6-15-7-4-8-18(15)21-20(23)16-10-12-17(13-11-16)22-27(24,25)19-9-5-14-26-19/h5,9-15,18,22H,2-4,6-8H2,1H3,(H,21,23). The Kier molecular flexibility index (Phi) is 6.55. The van der Waals surface area contributed by atoms with Crippen molar-refractivity contribution in [1.82, 2.24) is 5.32 Å². The SMILES string of the molecule is CCCCC1CCCC1NC(=O)c1ccc(NS(=O)(=O)c2cccs2)cc1. The Hall–Kier alpha value is -1.86. The van der Waals surface area contributed by atoms with Crippen LogP contribution in [0.5, 0.6) is 0 Å². The number of thiophene rings is 1. The molecule has 1 aliphatic carbocycles. The summed E-state index contributed by atoms with van der Waals surface area (Å²) in [6, 6.07) is 10.1. The van der Waals surface area contributed by atoms with Gasteiger partial charge in [0.1, 0.15) is 4.21 Å². The largest absolute Gasteiger partial charge is 0.349 e. The molecular weight excluding hydrogens is 380 g/mol. The highest BCUT2D eigenvalue weighted by Gasteiger charge is 2.28. The monoisotopic (exact) mass is 406 g/mol. The van der Waals surface area contributed by atoms with Gasteiger partial charge in [-0.05, 0) is 60.9 Å². The fraction of sp³-hybridized carbons (Fsp3) is 0.450. The normalized spacial score (nSPS) is 19.7. The van der Waals surface area contributed by atoms with Crippen LogP contribution in [0.3, 0.4) is 0 Å². The Morgan fingerprint density at radius 1 is 1.19 bits per heavy atom. The first-order valence-corrected chi connectivity index (χ1v) is 11.8. The number of benzene rings is 1. The molecule has 2 atom stereocenters. The lowest BCUT2D eigenvalue weighted by atomic mass is 9.96. The van der Waals surface area contributed by atoms with Crippen molar-refractivity contribution in [2.75, 3.05) is 4.72 Å². The molecule has 5 nitrogen and oxygen atoms in total. The summed E-state index contributed by atoms with van der Waals surface area (Å²) in [6.45, 7) is 2.19. The average Bonchev–Trinajstić information content (AvgIpc) is 3.33. The smallest absolute Gasteiger partial charge is 0.271 e. The number of nitrogens with one attached hydrogen (secondary N) is 2. The molecular formula is C20H26N2O3S2. The van der Waals surface area contributed by atoms with Crippen molar-refractivity contribution in [2.45, 2.75) is 55.7 Å². The van der Waals surface area contributed by atoms with Gasteiger partial charge in [-0.1, -0.05) is 32.3 Å². The Morgan fingerprint density at radius 2 is 1.96 bits per heavy atom. The highest BCUT2D eigenvalue weighted by Crippen LogP contribution is 2.30. The summed E-state index contributed by atoms with van der Waals surface area (Å²) in [5, 5.41) is 4.89. The second kappa shape index (κ2) is 8.89. The average molecular weight is 407 g/mol. The van der Waals surface area contributed by atoms with E-state index in [1.165, 1.54) is 43.4 Å². The van der Waals surface area contributed by atoms with Crippen molar-refractivity contribution < 1.29 is 13.2 Å². The third kappa shape index (κ3) is 5.11. The van der Waals surface area contributed by atoms with E-state index in [2.05, 4.69) is 17.0 Å². The van der Waals surface area contributed by atoms with E-state index in [1.807, 2.05) is 0 Å². The molecule has 7 heteroatoms. The van der Waals surface area contributed by atoms with Crippen LogP contribution in [0.25, 0.3) is 0 Å². The number of sulfonamides is 1. The summed E-state index contributed by atoms with van der Waals surface area (Å²) >= 11 is 1.17. The molecule has 0 saturated heterocycles. The Morgan fingerprint density at radius 3 is 2.63 bits per heavy atom. The summed E-state index contributed by atoms with van der Waals surface area (Å²) in [7, 11) is -3.57. The van der Waals surface area contributed by atoms with Crippen molar-refractivity contribution in [2.24, 2.45) is 5.92 Å². The number of hydrogen-bond acceptors (Lipinski definition) is 4. The molecule has 1 saturated carbocycles. The zero-order chi connectivity index (χ0) is 19.3. The van der Waals surface area contributed by atoms with Crippen LogP contribution in [0.2, 0.25) is 0 Å². The lowest BCUT2D eigenvalue weighted by Gasteiger charge is -2.21. The Bertz CT molecular complexity index is 846. The van der Waals surface area contributed by atoms with E-state index >= 15 is 0 Å². The summed E-state index contributed by atoms with van der Waals surface area (Å²) in [5.74, 6) is 0.488. The fourth-order valence-electron chi connectivity index (χ4n) is 3.60. The predicted molar refractivity (Wildman–Crippen MR) is 110 cm³/mol. The zero-order valence-corrected chi connectivity index (χ0v) is 17.1. The first-order valence-electron chi connectivity index (χ1n) is 9.47. The minimum Gasteiger partial charge on any atom is -0.349 e. The zero-order valence-electron chi connectivity index (χ0n) is 15.5. The second-order valence-corrected chi connectivity index (χ2v) is 9.89. The number of rotatable bonds is 8. The first kappa shape index (κ1) is 19.9. The molecule has 0 bridgehead atoms. The van der Waals surface area contributed by atoms with Crippen LogP contribution in [0.1, 0.15) is 55.8 Å². The van der Waals surface area contributed by atoms with Crippen molar-refractivity contribution in [3.05, 3.63) is 47.3 Å². The van der Waals surface area contributed by atoms with Gasteiger partial charge in [-0.25, -0.2) is 8.42 Å². The third-order valence-electron chi connectivity index (χ3n) is 5.06. The van der Waals surface area contributed by atoms with Gasteiger partial charge in [0.25, 0.3) is 15.9 Å². The quantitative estimate of drug-likeness (QED) is 0.671. The van der Waals surface area contributed by atoms with Crippen molar-refractivity contribution in [1.29, 1.82) is 0 Å². The van der Waals surface area contributed by atoms with E-state index in [4.69, 9.17) is 0 Å². The van der Waals surface area contributed by atoms with Gasteiger partial charge in [0, 0.05) is 17.3 Å². The van der Waals surface area contributed by atoms with Gasteiger partial charge >= 0.3 is 0 Å².